The van der Waals surface area contributed by atoms with Gasteiger partial charge in [-0.3, -0.25) is 19.0 Å². The Morgan fingerprint density at radius 1 is 0.851 bits per heavy atom. The van der Waals surface area contributed by atoms with Gasteiger partial charge in [0.1, 0.15) is 30.9 Å². The van der Waals surface area contributed by atoms with Crippen molar-refractivity contribution in [2.45, 2.75) is 66.4 Å². The number of anilines is 1. The Bertz CT molecular complexity index is 2030. The Hall–Kier alpha value is -4.83. The molecule has 0 radical (unpaired) electrons. The van der Waals surface area contributed by atoms with Crippen molar-refractivity contribution in [1.82, 2.24) is 9.55 Å². The summed E-state index contributed by atoms with van der Waals surface area (Å²) in [7, 11) is 0. The summed E-state index contributed by atoms with van der Waals surface area (Å²) >= 11 is 0. The lowest BCUT2D eigenvalue weighted by molar-refractivity contribution is -0.162. The molecule has 5 aromatic rings. The van der Waals surface area contributed by atoms with E-state index in [4.69, 9.17) is 14.2 Å². The molecule has 0 saturated carbocycles. The Morgan fingerprint density at radius 3 is 2.15 bits per heavy atom. The monoisotopic (exact) mass is 637 g/mol. The molecule has 0 spiro atoms. The maximum atomic E-state index is 13.6. The number of nitrogens with zero attached hydrogens (tertiary/aromatic N) is 2. The number of carbonyl (C=O) groups excluding carboxylic acids is 3. The molecule has 10 heteroatoms. The van der Waals surface area contributed by atoms with Crippen molar-refractivity contribution in [3.05, 3.63) is 71.3 Å². The van der Waals surface area contributed by atoms with Gasteiger partial charge in [-0.25, -0.2) is 4.79 Å². The lowest BCUT2D eigenvalue weighted by Gasteiger charge is -2.20. The minimum Gasteiger partial charge on any atom is -0.463 e. The average molecular weight is 638 g/mol. The smallest absolute Gasteiger partial charge is 0.351 e. The summed E-state index contributed by atoms with van der Waals surface area (Å²) in [5.41, 5.74) is 0.661. The van der Waals surface area contributed by atoms with E-state index in [-0.39, 0.29) is 42.5 Å². The maximum absolute atomic E-state index is 13.6. The predicted molar refractivity (Wildman–Crippen MR) is 180 cm³/mol. The number of carbonyl (C=O) groups is 3. The second-order valence-corrected chi connectivity index (χ2v) is 13.1. The molecule has 1 saturated heterocycles. The molecular weight excluding hydrogens is 598 g/mol. The van der Waals surface area contributed by atoms with Crippen LogP contribution in [0.15, 0.2) is 65.6 Å². The second-order valence-electron chi connectivity index (χ2n) is 13.1. The predicted octanol–water partition coefficient (Wildman–Crippen LogP) is 6.46. The molecule has 1 N–H and O–H groups in total. The summed E-state index contributed by atoms with van der Waals surface area (Å²) in [5, 5.41) is 9.29. The summed E-state index contributed by atoms with van der Waals surface area (Å²) in [5.74, 6) is -2.06. The number of esters is 2. The largest absolute Gasteiger partial charge is 0.463 e. The van der Waals surface area contributed by atoms with Crippen molar-refractivity contribution in [2.75, 3.05) is 11.9 Å². The van der Waals surface area contributed by atoms with Gasteiger partial charge in [-0.2, -0.15) is 4.98 Å². The van der Waals surface area contributed by atoms with Crippen molar-refractivity contribution in [1.29, 1.82) is 0 Å². The van der Waals surface area contributed by atoms with Gasteiger partial charge in [0.2, 0.25) is 5.91 Å². The Balaban J connectivity index is 1.47. The van der Waals surface area contributed by atoms with Crippen molar-refractivity contribution in [3.8, 4) is 11.1 Å². The lowest BCUT2D eigenvalue weighted by Crippen LogP contribution is -2.33. The number of ether oxygens (including phenoxy) is 3. The van der Waals surface area contributed by atoms with Gasteiger partial charge in [-0.15, -0.1) is 0 Å². The number of aromatic nitrogens is 2. The zero-order chi connectivity index (χ0) is 33.6. The highest BCUT2D eigenvalue weighted by Crippen LogP contribution is 2.41. The molecule has 47 heavy (non-hydrogen) atoms. The van der Waals surface area contributed by atoms with E-state index in [1.54, 1.807) is 47.7 Å². The molecule has 0 aliphatic carbocycles. The fourth-order valence-electron chi connectivity index (χ4n) is 5.96. The van der Waals surface area contributed by atoms with E-state index in [1.165, 1.54) is 4.57 Å². The minimum absolute atomic E-state index is 0.138. The molecule has 4 aromatic carbocycles. The number of benzene rings is 4. The summed E-state index contributed by atoms with van der Waals surface area (Å²) in [4.78, 5) is 55.8. The molecule has 1 amide bonds. The van der Waals surface area contributed by atoms with Crippen molar-refractivity contribution < 1.29 is 28.6 Å². The Labute approximate surface area is 272 Å². The molecule has 6 rings (SSSR count). The van der Waals surface area contributed by atoms with Crippen LogP contribution in [-0.2, 0) is 28.6 Å². The van der Waals surface area contributed by atoms with Crippen LogP contribution < -0.4 is 11.0 Å². The van der Waals surface area contributed by atoms with Crippen LogP contribution in [0.1, 0.15) is 54.2 Å². The van der Waals surface area contributed by atoms with Crippen LogP contribution in [0.5, 0.6) is 0 Å². The lowest BCUT2D eigenvalue weighted by atomic mass is 9.90. The molecule has 1 aliphatic rings. The van der Waals surface area contributed by atoms with E-state index in [9.17, 15) is 19.2 Å². The molecule has 2 heterocycles. The third-order valence-electron chi connectivity index (χ3n) is 8.63. The highest BCUT2D eigenvalue weighted by atomic mass is 16.6. The van der Waals surface area contributed by atoms with E-state index in [0.717, 1.165) is 37.9 Å². The summed E-state index contributed by atoms with van der Waals surface area (Å²) < 4.78 is 18.8. The average Bonchev–Trinajstić information content (AvgIpc) is 3.44. The van der Waals surface area contributed by atoms with Gasteiger partial charge >= 0.3 is 17.6 Å². The number of rotatable bonds is 9. The fraction of sp³-hybridized carbons (Fsp3) is 0.378. The fourth-order valence-corrected chi connectivity index (χ4v) is 5.96. The van der Waals surface area contributed by atoms with E-state index >= 15 is 0 Å². The van der Waals surface area contributed by atoms with Crippen LogP contribution in [-0.4, -0.2) is 46.2 Å². The first-order chi connectivity index (χ1) is 22.4. The van der Waals surface area contributed by atoms with Gasteiger partial charge < -0.3 is 19.5 Å². The SMILES string of the molecule is CC(C)C(=O)Nc1nc(=O)n([C@H]2C[C@H](OC(=O)C(C)C)[C@@H](COC(=O)C(C)C)O2)cc1-c1ccc2ccc3cccc4ccc1c2c34. The van der Waals surface area contributed by atoms with Gasteiger partial charge in [0.15, 0.2) is 0 Å². The first kappa shape index (κ1) is 32.1. The van der Waals surface area contributed by atoms with Gasteiger partial charge in [-0.1, -0.05) is 96.1 Å². The molecule has 244 valence electrons. The summed E-state index contributed by atoms with van der Waals surface area (Å²) in [6, 6.07) is 18.5. The van der Waals surface area contributed by atoms with E-state index in [0.29, 0.717) is 5.56 Å². The van der Waals surface area contributed by atoms with Crippen LogP contribution in [0.3, 0.4) is 0 Å². The summed E-state index contributed by atoms with van der Waals surface area (Å²) in [6.45, 7) is 10.3. The van der Waals surface area contributed by atoms with Crippen molar-refractivity contribution in [2.24, 2.45) is 17.8 Å². The second kappa shape index (κ2) is 12.8. The van der Waals surface area contributed by atoms with Crippen LogP contribution in [0, 0.1) is 17.8 Å². The van der Waals surface area contributed by atoms with Crippen LogP contribution in [0.2, 0.25) is 0 Å². The molecule has 10 nitrogen and oxygen atoms in total. The third kappa shape index (κ3) is 6.17. The van der Waals surface area contributed by atoms with Gasteiger partial charge in [0, 0.05) is 24.1 Å². The molecule has 1 fully saturated rings. The molecule has 1 aliphatic heterocycles. The molecule has 0 unspecified atom stereocenters. The van der Waals surface area contributed by atoms with Gasteiger partial charge in [-0.05, 0) is 37.9 Å². The Kier molecular flexibility index (Phi) is 8.72. The van der Waals surface area contributed by atoms with Crippen LogP contribution in [0.4, 0.5) is 5.82 Å². The van der Waals surface area contributed by atoms with Crippen molar-refractivity contribution in [3.63, 3.8) is 0 Å². The maximum Gasteiger partial charge on any atom is 0.351 e. The molecule has 0 bridgehead atoms. The van der Waals surface area contributed by atoms with E-state index in [1.807, 2.05) is 18.2 Å². The van der Waals surface area contributed by atoms with Crippen LogP contribution in [0.25, 0.3) is 43.4 Å². The first-order valence-corrected chi connectivity index (χ1v) is 16.1. The van der Waals surface area contributed by atoms with E-state index in [2.05, 4.69) is 46.7 Å². The first-order valence-electron chi connectivity index (χ1n) is 16.1. The number of hydrogen-bond donors (Lipinski definition) is 1. The third-order valence-corrected chi connectivity index (χ3v) is 8.63. The molecule has 3 atom stereocenters. The van der Waals surface area contributed by atoms with Gasteiger partial charge in [0.25, 0.3) is 0 Å². The van der Waals surface area contributed by atoms with Crippen molar-refractivity contribution >= 4 is 56.0 Å². The summed E-state index contributed by atoms with van der Waals surface area (Å²) in [6.07, 6.45) is -0.655. The Morgan fingerprint density at radius 2 is 1.49 bits per heavy atom. The zero-order valence-corrected chi connectivity index (χ0v) is 27.4. The van der Waals surface area contributed by atoms with Gasteiger partial charge in [0.05, 0.1) is 11.8 Å². The minimum atomic E-state index is -0.879. The highest BCUT2D eigenvalue weighted by molar-refractivity contribution is 6.25. The number of nitrogens with one attached hydrogen (secondary N) is 1. The topological polar surface area (TPSA) is 126 Å². The molecular formula is C37H39N3O7. The normalized spacial score (nSPS) is 18.2. The molecule has 1 aromatic heterocycles. The van der Waals surface area contributed by atoms with E-state index < -0.39 is 36.1 Å². The zero-order valence-electron chi connectivity index (χ0n) is 27.4. The standard InChI is InChI=1S/C37H39N3O7/c1-19(2)34(41)38-33-27(25-14-12-24-11-10-22-8-7-9-23-13-15-26(25)32(24)31(22)23)17-40(37(44)39-33)30-16-28(47-36(43)21(5)6)29(46-30)18-45-35(42)20(3)4/h7-15,17,19-21,28-30H,16,18H2,1-6H3,(H,38,39,41,44)/t28-,29+,30+/m0/s1. The highest BCUT2D eigenvalue weighted by Gasteiger charge is 2.41. The number of amides is 1. The number of hydrogen-bond acceptors (Lipinski definition) is 8. The van der Waals surface area contributed by atoms with Crippen LogP contribution >= 0.6 is 0 Å². The quantitative estimate of drug-likeness (QED) is 0.144.